The smallest absolute Gasteiger partial charge is 0.0555 e. The Kier molecular flexibility index (Phi) is 4.61. The maximum absolute atomic E-state index is 3.88. The second kappa shape index (κ2) is 8.04. The molecule has 0 saturated heterocycles. The number of para-hydroxylation sites is 1. The van der Waals surface area contributed by atoms with Crippen LogP contribution in [0.5, 0.6) is 0 Å². The van der Waals surface area contributed by atoms with Crippen LogP contribution in [0.4, 0.5) is 0 Å². The van der Waals surface area contributed by atoms with E-state index in [-0.39, 0.29) is 0 Å². The lowest BCUT2D eigenvalue weighted by atomic mass is 10.0. The molecule has 0 unspecified atom stereocenters. The summed E-state index contributed by atoms with van der Waals surface area (Å²) in [5, 5.41) is 7.87. The van der Waals surface area contributed by atoms with Crippen molar-refractivity contribution in [3.63, 3.8) is 0 Å². The first-order valence-electron chi connectivity index (χ1n) is 12.4. The van der Waals surface area contributed by atoms with E-state index >= 15 is 0 Å². The fraction of sp³-hybridized carbons (Fsp3) is 0. The molecule has 0 bridgehead atoms. The molecule has 0 aliphatic heterocycles. The highest BCUT2D eigenvalue weighted by Gasteiger charge is 2.19. The lowest BCUT2D eigenvalue weighted by Crippen LogP contribution is -1.93. The van der Waals surface area contributed by atoms with Crippen LogP contribution in [0.1, 0.15) is 0 Å². The summed E-state index contributed by atoms with van der Waals surface area (Å²) in [7, 11) is 0. The normalized spacial score (nSPS) is 11.9. The molecule has 0 amide bonds. The number of nitrogens with zero attached hydrogens (tertiary/aromatic N) is 1. The molecule has 37 heavy (non-hydrogen) atoms. The van der Waals surface area contributed by atoms with Crippen molar-refractivity contribution in [2.75, 3.05) is 0 Å². The molecule has 0 N–H and O–H groups in total. The van der Waals surface area contributed by atoms with E-state index in [4.69, 9.17) is 0 Å². The third-order valence-electron chi connectivity index (χ3n) is 7.45. The Balaban J connectivity index is 1.45. The van der Waals surface area contributed by atoms with Crippen molar-refractivity contribution in [1.29, 1.82) is 0 Å². The number of fused-ring (bicyclic) bond motifs is 9. The van der Waals surface area contributed by atoms with Gasteiger partial charge >= 0.3 is 0 Å². The maximum Gasteiger partial charge on any atom is 0.0555 e. The van der Waals surface area contributed by atoms with E-state index in [1.165, 1.54) is 69.6 Å². The van der Waals surface area contributed by atoms with Crippen molar-refractivity contribution >= 4 is 80.0 Å². The third-order valence-corrected chi connectivity index (χ3v) is 9.60. The van der Waals surface area contributed by atoms with Gasteiger partial charge in [0.15, 0.2) is 0 Å². The van der Waals surface area contributed by atoms with Gasteiger partial charge in [-0.2, -0.15) is 0 Å². The van der Waals surface area contributed by atoms with Crippen molar-refractivity contribution in [2.45, 2.75) is 0 Å². The van der Waals surface area contributed by atoms with Gasteiger partial charge in [0.2, 0.25) is 0 Å². The van der Waals surface area contributed by atoms with Gasteiger partial charge < -0.3 is 4.57 Å². The molecule has 0 aliphatic rings. The van der Waals surface area contributed by atoms with Crippen molar-refractivity contribution in [1.82, 2.24) is 4.57 Å². The first-order chi connectivity index (χ1) is 18.3. The summed E-state index contributed by atoms with van der Waals surface area (Å²) in [6.45, 7) is 0. The van der Waals surface area contributed by atoms with Gasteiger partial charge in [-0.3, -0.25) is 0 Å². The Morgan fingerprint density at radius 1 is 0.514 bits per heavy atom. The molecule has 0 aliphatic carbocycles. The second-order valence-corrected chi connectivity index (χ2v) is 11.4. The van der Waals surface area contributed by atoms with Gasteiger partial charge in [0.1, 0.15) is 0 Å². The largest absolute Gasteiger partial charge is 0.309 e. The number of thiophene rings is 1. The third kappa shape index (κ3) is 3.08. The number of rotatable bonds is 2. The van der Waals surface area contributed by atoms with E-state index in [9.17, 15) is 0 Å². The SMILES string of the molecule is Brc1cc2ccccc2c2c1sc1c2ccc2c1c1ccccc1n2-c1ccc(-c2ccccc2)cc1. The monoisotopic (exact) mass is 553 g/mol. The molecule has 0 spiro atoms. The van der Waals surface area contributed by atoms with Gasteiger partial charge in [-0.05, 0) is 68.2 Å². The zero-order valence-corrected chi connectivity index (χ0v) is 22.2. The zero-order valence-electron chi connectivity index (χ0n) is 19.8. The summed E-state index contributed by atoms with van der Waals surface area (Å²) in [4.78, 5) is 0. The van der Waals surface area contributed by atoms with Crippen LogP contribution in [0.3, 0.4) is 0 Å². The van der Waals surface area contributed by atoms with Gasteiger partial charge in [-0.1, -0.05) is 91.0 Å². The summed E-state index contributed by atoms with van der Waals surface area (Å²) >= 11 is 5.78. The van der Waals surface area contributed by atoms with Crippen LogP contribution in [-0.4, -0.2) is 4.57 Å². The minimum atomic E-state index is 1.16. The summed E-state index contributed by atoms with van der Waals surface area (Å²) < 4.78 is 6.23. The van der Waals surface area contributed by atoms with Crippen LogP contribution in [0.15, 0.2) is 126 Å². The predicted molar refractivity (Wildman–Crippen MR) is 164 cm³/mol. The average Bonchev–Trinajstić information content (AvgIpc) is 3.51. The summed E-state index contributed by atoms with van der Waals surface area (Å²) in [6, 6.07) is 43.9. The Bertz CT molecular complexity index is 2130. The molecule has 174 valence electrons. The van der Waals surface area contributed by atoms with E-state index in [0.29, 0.717) is 0 Å². The average molecular weight is 555 g/mol. The van der Waals surface area contributed by atoms with Crippen molar-refractivity contribution < 1.29 is 0 Å². The highest BCUT2D eigenvalue weighted by atomic mass is 79.9. The number of halogens is 1. The summed E-state index contributed by atoms with van der Waals surface area (Å²) in [5.41, 5.74) is 6.12. The van der Waals surface area contributed by atoms with Gasteiger partial charge in [0, 0.05) is 36.4 Å². The predicted octanol–water partition coefficient (Wildman–Crippen LogP) is 10.7. The quantitative estimate of drug-likeness (QED) is 0.200. The Labute approximate surface area is 226 Å². The van der Waals surface area contributed by atoms with Crippen LogP contribution in [0.25, 0.3) is 69.6 Å². The molecule has 2 aromatic heterocycles. The maximum atomic E-state index is 3.88. The van der Waals surface area contributed by atoms with Crippen molar-refractivity contribution in [2.24, 2.45) is 0 Å². The molecule has 3 heteroatoms. The minimum absolute atomic E-state index is 1.16. The molecule has 0 fully saturated rings. The van der Waals surface area contributed by atoms with E-state index in [0.717, 1.165) is 4.47 Å². The van der Waals surface area contributed by atoms with Gasteiger partial charge in [0.25, 0.3) is 0 Å². The summed E-state index contributed by atoms with van der Waals surface area (Å²) in [5.74, 6) is 0. The molecule has 8 aromatic rings. The van der Waals surface area contributed by atoms with Crippen LogP contribution in [-0.2, 0) is 0 Å². The van der Waals surface area contributed by atoms with Crippen LogP contribution >= 0.6 is 27.3 Å². The van der Waals surface area contributed by atoms with Crippen LogP contribution in [0, 0.1) is 0 Å². The van der Waals surface area contributed by atoms with Gasteiger partial charge in [-0.25, -0.2) is 0 Å². The molecule has 2 heterocycles. The Morgan fingerprint density at radius 3 is 2.05 bits per heavy atom. The fourth-order valence-corrected chi connectivity index (χ4v) is 7.77. The van der Waals surface area contributed by atoms with E-state index in [1.807, 2.05) is 11.3 Å². The van der Waals surface area contributed by atoms with E-state index in [1.54, 1.807) is 0 Å². The number of hydrogen-bond acceptors (Lipinski definition) is 1. The van der Waals surface area contributed by atoms with Crippen LogP contribution in [0.2, 0.25) is 0 Å². The molecular formula is C34H20BrNS. The van der Waals surface area contributed by atoms with Gasteiger partial charge in [0.05, 0.1) is 15.7 Å². The lowest BCUT2D eigenvalue weighted by Gasteiger charge is -2.09. The topological polar surface area (TPSA) is 4.93 Å². The molecular weight excluding hydrogens is 534 g/mol. The Hall–Kier alpha value is -3.92. The second-order valence-electron chi connectivity index (χ2n) is 9.49. The molecule has 1 nitrogen and oxygen atoms in total. The van der Waals surface area contributed by atoms with E-state index in [2.05, 4.69) is 142 Å². The summed E-state index contributed by atoms with van der Waals surface area (Å²) in [6.07, 6.45) is 0. The molecule has 0 atom stereocenters. The number of benzene rings is 6. The molecule has 0 radical (unpaired) electrons. The van der Waals surface area contributed by atoms with Crippen molar-refractivity contribution in [3.8, 4) is 16.8 Å². The highest BCUT2D eigenvalue weighted by molar-refractivity contribution is 9.10. The number of aromatic nitrogens is 1. The molecule has 6 aromatic carbocycles. The molecule has 8 rings (SSSR count). The number of hydrogen-bond donors (Lipinski definition) is 0. The lowest BCUT2D eigenvalue weighted by molar-refractivity contribution is 1.18. The molecule has 0 saturated carbocycles. The van der Waals surface area contributed by atoms with Gasteiger partial charge in [-0.15, -0.1) is 11.3 Å². The fourth-order valence-electron chi connectivity index (χ4n) is 5.81. The minimum Gasteiger partial charge on any atom is -0.309 e. The zero-order chi connectivity index (χ0) is 24.5. The van der Waals surface area contributed by atoms with Crippen LogP contribution < -0.4 is 0 Å². The Morgan fingerprint density at radius 2 is 1.22 bits per heavy atom. The van der Waals surface area contributed by atoms with Crippen molar-refractivity contribution in [3.05, 3.63) is 126 Å². The standard InChI is InChI=1S/C34H20BrNS/c35-28-20-23-10-4-5-11-25(23)31-27-18-19-30-32(33(27)37-34(28)31)26-12-6-7-13-29(26)36(30)24-16-14-22(15-17-24)21-8-2-1-3-9-21/h1-20H. The first kappa shape index (κ1) is 21.2. The first-order valence-corrected chi connectivity index (χ1v) is 14.0. The highest BCUT2D eigenvalue weighted by Crippen LogP contribution is 2.47. The van der Waals surface area contributed by atoms with E-state index < -0.39 is 0 Å².